The number of benzene rings is 1. The van der Waals surface area contributed by atoms with E-state index in [-0.39, 0.29) is 5.56 Å². The molecule has 0 aliphatic heterocycles. The lowest BCUT2D eigenvalue weighted by molar-refractivity contribution is -0.202. The number of pyridine rings is 1. The Morgan fingerprint density at radius 1 is 1.08 bits per heavy atom. The molecule has 7 heteroatoms. The van der Waals surface area contributed by atoms with Gasteiger partial charge in [0.05, 0.1) is 5.69 Å². The van der Waals surface area contributed by atoms with Crippen molar-refractivity contribution in [3.63, 3.8) is 0 Å². The molecule has 0 aliphatic rings. The molecule has 2 rings (SSSR count). The zero-order valence-corrected chi connectivity index (χ0v) is 13.8. The molecule has 1 heterocycles. The predicted octanol–water partition coefficient (Wildman–Crippen LogP) is 1.87. The Bertz CT molecular complexity index is 679. The summed E-state index contributed by atoms with van der Waals surface area (Å²) in [5, 5.41) is 20.1. The van der Waals surface area contributed by atoms with E-state index in [1.807, 2.05) is 18.2 Å². The molecular weight excluding hydrogens is 310 g/mol. The normalized spacial score (nSPS) is 11.9. The molecule has 4 N–H and O–H groups in total. The van der Waals surface area contributed by atoms with Crippen LogP contribution in [0.4, 0.5) is 4.79 Å². The SMILES string of the molecule is CC(C)(C)OC(=O)NNC(O)(O)c1ccc(-c2ccccn2)cc1. The minimum Gasteiger partial charge on any atom is -0.443 e. The van der Waals surface area contributed by atoms with Crippen LogP contribution in [0.1, 0.15) is 26.3 Å². The average Bonchev–Trinajstić information content (AvgIpc) is 2.52. The number of aromatic nitrogens is 1. The largest absolute Gasteiger partial charge is 0.443 e. The topological polar surface area (TPSA) is 104 Å². The lowest BCUT2D eigenvalue weighted by atomic mass is 10.1. The highest BCUT2D eigenvalue weighted by molar-refractivity contribution is 5.67. The van der Waals surface area contributed by atoms with Crippen LogP contribution in [0.15, 0.2) is 48.7 Å². The summed E-state index contributed by atoms with van der Waals surface area (Å²) in [4.78, 5) is 15.8. The number of hydrogen-bond acceptors (Lipinski definition) is 6. The molecule has 0 saturated carbocycles. The predicted molar refractivity (Wildman–Crippen MR) is 88.3 cm³/mol. The second kappa shape index (κ2) is 6.96. The van der Waals surface area contributed by atoms with Crippen LogP contribution in [0.5, 0.6) is 0 Å². The molecular formula is C17H21N3O4. The molecule has 2 aromatic rings. The fourth-order valence-corrected chi connectivity index (χ4v) is 1.92. The molecule has 0 bridgehead atoms. The van der Waals surface area contributed by atoms with Crippen molar-refractivity contribution < 1.29 is 19.7 Å². The summed E-state index contributed by atoms with van der Waals surface area (Å²) in [5.74, 6) is -2.44. The molecule has 0 fully saturated rings. The van der Waals surface area contributed by atoms with Crippen molar-refractivity contribution in [2.45, 2.75) is 32.3 Å². The number of hydrazine groups is 1. The lowest BCUT2D eigenvalue weighted by Gasteiger charge is -2.25. The number of nitrogens with one attached hydrogen (secondary N) is 2. The summed E-state index contributed by atoms with van der Waals surface area (Å²) >= 11 is 0. The molecule has 0 spiro atoms. The van der Waals surface area contributed by atoms with Gasteiger partial charge in [-0.2, -0.15) is 5.43 Å². The first-order valence-corrected chi connectivity index (χ1v) is 7.40. The van der Waals surface area contributed by atoms with E-state index in [1.165, 1.54) is 12.1 Å². The van der Waals surface area contributed by atoms with Gasteiger partial charge in [-0.05, 0) is 32.9 Å². The van der Waals surface area contributed by atoms with E-state index in [1.54, 1.807) is 39.1 Å². The first-order chi connectivity index (χ1) is 11.2. The van der Waals surface area contributed by atoms with Crippen molar-refractivity contribution in [1.29, 1.82) is 0 Å². The number of carbonyl (C=O) groups is 1. The van der Waals surface area contributed by atoms with E-state index < -0.39 is 17.6 Å². The maximum Gasteiger partial charge on any atom is 0.422 e. The van der Waals surface area contributed by atoms with Crippen molar-refractivity contribution >= 4 is 6.09 Å². The summed E-state index contributed by atoms with van der Waals surface area (Å²) in [6.07, 6.45) is 0.859. The molecule has 1 aromatic carbocycles. The van der Waals surface area contributed by atoms with Crippen LogP contribution < -0.4 is 10.9 Å². The molecule has 0 aliphatic carbocycles. The summed E-state index contributed by atoms with van der Waals surface area (Å²) in [6, 6.07) is 12.0. The minimum atomic E-state index is -2.44. The maximum atomic E-state index is 11.5. The zero-order valence-electron chi connectivity index (χ0n) is 13.8. The zero-order chi connectivity index (χ0) is 17.8. The lowest BCUT2D eigenvalue weighted by Crippen LogP contribution is -2.53. The number of hydrogen-bond donors (Lipinski definition) is 4. The van der Waals surface area contributed by atoms with Crippen LogP contribution >= 0.6 is 0 Å². The van der Waals surface area contributed by atoms with E-state index in [0.29, 0.717) is 0 Å². The number of amides is 1. The van der Waals surface area contributed by atoms with Crippen molar-refractivity contribution in [3.05, 3.63) is 54.2 Å². The van der Waals surface area contributed by atoms with Gasteiger partial charge in [0.25, 0.3) is 5.91 Å². The standard InChI is InChI=1S/C17H21N3O4/c1-16(2,3)24-15(21)19-20-17(22,23)13-9-7-12(8-10-13)14-6-4-5-11-18-14/h4-11,20,22-23H,1-3H3,(H,19,21). The first-order valence-electron chi connectivity index (χ1n) is 7.40. The molecule has 7 nitrogen and oxygen atoms in total. The number of ether oxygens (including phenoxy) is 1. The fraction of sp³-hybridized carbons (Fsp3) is 0.294. The molecule has 24 heavy (non-hydrogen) atoms. The monoisotopic (exact) mass is 331 g/mol. The Labute approximate surface area is 140 Å². The van der Waals surface area contributed by atoms with Gasteiger partial charge in [0.1, 0.15) is 5.60 Å². The second-order valence-corrected chi connectivity index (χ2v) is 6.22. The van der Waals surface area contributed by atoms with Crippen LogP contribution in [0.3, 0.4) is 0 Å². The summed E-state index contributed by atoms with van der Waals surface area (Å²) in [7, 11) is 0. The molecule has 1 aromatic heterocycles. The van der Waals surface area contributed by atoms with E-state index in [2.05, 4.69) is 15.8 Å². The summed E-state index contributed by atoms with van der Waals surface area (Å²) in [5.41, 5.74) is 5.29. The molecule has 1 amide bonds. The number of nitrogens with zero attached hydrogens (tertiary/aromatic N) is 1. The smallest absolute Gasteiger partial charge is 0.422 e. The average molecular weight is 331 g/mol. The van der Waals surface area contributed by atoms with E-state index in [4.69, 9.17) is 4.74 Å². The van der Waals surface area contributed by atoms with Crippen LogP contribution in [0.25, 0.3) is 11.3 Å². The van der Waals surface area contributed by atoms with Crippen molar-refractivity contribution in [3.8, 4) is 11.3 Å². The quantitative estimate of drug-likeness (QED) is 0.504. The number of carbonyl (C=O) groups excluding carboxylic acids is 1. The Morgan fingerprint density at radius 2 is 1.75 bits per heavy atom. The van der Waals surface area contributed by atoms with Crippen LogP contribution in [0, 0.1) is 0 Å². The number of aliphatic hydroxyl groups is 2. The Balaban J connectivity index is 2.03. The van der Waals surface area contributed by atoms with Gasteiger partial charge >= 0.3 is 6.09 Å². The molecule has 0 unspecified atom stereocenters. The van der Waals surface area contributed by atoms with Crippen molar-refractivity contribution in [2.24, 2.45) is 0 Å². The third-order valence-electron chi connectivity index (χ3n) is 2.99. The summed E-state index contributed by atoms with van der Waals surface area (Å²) < 4.78 is 5.00. The highest BCUT2D eigenvalue weighted by atomic mass is 16.6. The van der Waals surface area contributed by atoms with Crippen LogP contribution in [-0.4, -0.2) is 26.9 Å². The Kier molecular flexibility index (Phi) is 5.18. The van der Waals surface area contributed by atoms with Gasteiger partial charge in [0, 0.05) is 17.3 Å². The minimum absolute atomic E-state index is 0.151. The van der Waals surface area contributed by atoms with Crippen LogP contribution in [0.2, 0.25) is 0 Å². The third kappa shape index (κ3) is 5.02. The highest BCUT2D eigenvalue weighted by Crippen LogP contribution is 2.21. The van der Waals surface area contributed by atoms with Gasteiger partial charge < -0.3 is 14.9 Å². The second-order valence-electron chi connectivity index (χ2n) is 6.22. The van der Waals surface area contributed by atoms with Gasteiger partial charge in [-0.3, -0.25) is 10.4 Å². The van der Waals surface area contributed by atoms with Gasteiger partial charge in [0.2, 0.25) is 0 Å². The molecule has 0 saturated heterocycles. The van der Waals surface area contributed by atoms with Crippen molar-refractivity contribution in [1.82, 2.24) is 15.8 Å². The Morgan fingerprint density at radius 3 is 2.29 bits per heavy atom. The third-order valence-corrected chi connectivity index (χ3v) is 2.99. The number of rotatable bonds is 4. The fourth-order valence-electron chi connectivity index (χ4n) is 1.92. The molecule has 0 atom stereocenters. The Hall–Kier alpha value is -2.48. The van der Waals surface area contributed by atoms with E-state index in [0.717, 1.165) is 11.3 Å². The van der Waals surface area contributed by atoms with Crippen molar-refractivity contribution in [2.75, 3.05) is 0 Å². The van der Waals surface area contributed by atoms with E-state index in [9.17, 15) is 15.0 Å². The molecule has 128 valence electrons. The molecule has 0 radical (unpaired) electrons. The summed E-state index contributed by atoms with van der Waals surface area (Å²) in [6.45, 7) is 5.11. The van der Waals surface area contributed by atoms with Gasteiger partial charge in [-0.1, -0.05) is 30.3 Å². The highest BCUT2D eigenvalue weighted by Gasteiger charge is 2.27. The van der Waals surface area contributed by atoms with Gasteiger partial charge in [-0.25, -0.2) is 4.79 Å². The van der Waals surface area contributed by atoms with Gasteiger partial charge in [0.15, 0.2) is 0 Å². The maximum absolute atomic E-state index is 11.5. The van der Waals surface area contributed by atoms with Gasteiger partial charge in [-0.15, -0.1) is 0 Å². The van der Waals surface area contributed by atoms with E-state index >= 15 is 0 Å². The first kappa shape index (κ1) is 17.9. The van der Waals surface area contributed by atoms with Crippen LogP contribution in [-0.2, 0) is 10.6 Å².